The number of aromatic nitrogens is 3. The van der Waals surface area contributed by atoms with Crippen LogP contribution in [0.3, 0.4) is 0 Å². The Morgan fingerprint density at radius 1 is 1.17 bits per heavy atom. The highest BCUT2D eigenvalue weighted by molar-refractivity contribution is 7.22. The molecule has 0 aromatic carbocycles. The van der Waals surface area contributed by atoms with Crippen molar-refractivity contribution in [2.24, 2.45) is 7.05 Å². The molecule has 2 aliphatic rings. The molecule has 0 aliphatic carbocycles. The minimum Gasteiger partial charge on any atom is -0.375 e. The standard InChI is InChI=1S/C17H27N5OS/c1-13-15-16(20(2)19-13)18-17(24-15)22-9-6-10-23-14(12-22)11-21-7-4-3-5-8-21/h14H,3-12H2,1-2H3/t14-/m1/s1. The first kappa shape index (κ1) is 16.3. The van der Waals surface area contributed by atoms with Crippen LogP contribution in [0.25, 0.3) is 10.3 Å². The molecular formula is C17H27N5OS. The van der Waals surface area contributed by atoms with Crippen LogP contribution < -0.4 is 4.90 Å². The highest BCUT2D eigenvalue weighted by atomic mass is 32.1. The second kappa shape index (κ2) is 6.98. The molecule has 2 aromatic rings. The summed E-state index contributed by atoms with van der Waals surface area (Å²) >= 11 is 1.77. The van der Waals surface area contributed by atoms with Gasteiger partial charge in [-0.2, -0.15) is 5.10 Å². The second-order valence-electron chi connectivity index (χ2n) is 7.01. The summed E-state index contributed by atoms with van der Waals surface area (Å²) in [6.45, 7) is 8.42. The fourth-order valence-corrected chi connectivity index (χ4v) is 4.89. The Bertz CT molecular complexity index is 656. The Hall–Kier alpha value is -1.18. The zero-order chi connectivity index (χ0) is 16.5. The van der Waals surface area contributed by atoms with Gasteiger partial charge in [0.15, 0.2) is 10.8 Å². The molecule has 0 saturated carbocycles. The van der Waals surface area contributed by atoms with Crippen molar-refractivity contribution in [3.63, 3.8) is 0 Å². The van der Waals surface area contributed by atoms with Crippen LogP contribution in [0.4, 0.5) is 5.13 Å². The lowest BCUT2D eigenvalue weighted by molar-refractivity contribution is 0.0350. The Balaban J connectivity index is 1.49. The molecule has 1 atom stereocenters. The highest BCUT2D eigenvalue weighted by Gasteiger charge is 2.25. The van der Waals surface area contributed by atoms with Crippen molar-refractivity contribution in [1.29, 1.82) is 0 Å². The van der Waals surface area contributed by atoms with Crippen LogP contribution in [-0.2, 0) is 11.8 Å². The lowest BCUT2D eigenvalue weighted by atomic mass is 10.1. The van der Waals surface area contributed by atoms with Crippen molar-refractivity contribution in [2.45, 2.75) is 38.7 Å². The van der Waals surface area contributed by atoms with Gasteiger partial charge in [-0.3, -0.25) is 0 Å². The van der Waals surface area contributed by atoms with Gasteiger partial charge in [-0.25, -0.2) is 9.67 Å². The number of likely N-dealkylation sites (tertiary alicyclic amines) is 1. The maximum absolute atomic E-state index is 6.14. The van der Waals surface area contributed by atoms with Crippen LogP contribution in [0, 0.1) is 6.92 Å². The van der Waals surface area contributed by atoms with Crippen molar-refractivity contribution in [3.05, 3.63) is 5.69 Å². The highest BCUT2D eigenvalue weighted by Crippen LogP contribution is 2.31. The fourth-order valence-electron chi connectivity index (χ4n) is 3.82. The van der Waals surface area contributed by atoms with Crippen LogP contribution in [0.5, 0.6) is 0 Å². The summed E-state index contributed by atoms with van der Waals surface area (Å²) in [6.07, 6.45) is 5.41. The number of ether oxygens (including phenoxy) is 1. The minimum atomic E-state index is 0.289. The van der Waals surface area contributed by atoms with Crippen molar-refractivity contribution in [3.8, 4) is 0 Å². The Morgan fingerprint density at radius 3 is 2.79 bits per heavy atom. The van der Waals surface area contributed by atoms with Gasteiger partial charge >= 0.3 is 0 Å². The number of hydrogen-bond acceptors (Lipinski definition) is 6. The molecule has 2 saturated heterocycles. The number of nitrogens with zero attached hydrogens (tertiary/aromatic N) is 5. The van der Waals surface area contributed by atoms with E-state index in [9.17, 15) is 0 Å². The number of fused-ring (bicyclic) bond motifs is 1. The summed E-state index contributed by atoms with van der Waals surface area (Å²) in [7, 11) is 1.98. The summed E-state index contributed by atoms with van der Waals surface area (Å²) < 4.78 is 9.24. The van der Waals surface area contributed by atoms with Crippen molar-refractivity contribution in [2.75, 3.05) is 44.2 Å². The van der Waals surface area contributed by atoms with Crippen LogP contribution >= 0.6 is 11.3 Å². The van der Waals surface area contributed by atoms with Gasteiger partial charge in [0, 0.05) is 33.3 Å². The van der Waals surface area contributed by atoms with Gasteiger partial charge < -0.3 is 14.5 Å². The fraction of sp³-hybridized carbons (Fsp3) is 0.765. The van der Waals surface area contributed by atoms with Crippen molar-refractivity contribution in [1.82, 2.24) is 19.7 Å². The van der Waals surface area contributed by atoms with Crippen molar-refractivity contribution >= 4 is 26.8 Å². The van der Waals surface area contributed by atoms with Gasteiger partial charge in [0.1, 0.15) is 0 Å². The average molecular weight is 350 g/mol. The van der Waals surface area contributed by atoms with E-state index in [0.717, 1.165) is 49.1 Å². The molecule has 0 unspecified atom stereocenters. The Morgan fingerprint density at radius 2 is 2.00 bits per heavy atom. The largest absolute Gasteiger partial charge is 0.375 e. The third-order valence-corrected chi connectivity index (χ3v) is 6.28. The molecular weight excluding hydrogens is 322 g/mol. The zero-order valence-electron chi connectivity index (χ0n) is 14.7. The smallest absolute Gasteiger partial charge is 0.188 e. The van der Waals surface area contributed by atoms with E-state index in [2.05, 4.69) is 21.8 Å². The molecule has 0 bridgehead atoms. The predicted molar refractivity (Wildman–Crippen MR) is 98.0 cm³/mol. The molecule has 0 spiro atoms. The number of hydrogen-bond donors (Lipinski definition) is 0. The number of rotatable bonds is 3. The van der Waals surface area contributed by atoms with E-state index in [1.54, 1.807) is 11.3 Å². The molecule has 132 valence electrons. The first-order chi connectivity index (χ1) is 11.7. The third-order valence-electron chi connectivity index (χ3n) is 5.06. The van der Waals surface area contributed by atoms with E-state index in [0.29, 0.717) is 0 Å². The third kappa shape index (κ3) is 3.30. The molecule has 2 fully saturated rings. The van der Waals surface area contributed by atoms with E-state index < -0.39 is 0 Å². The first-order valence-electron chi connectivity index (χ1n) is 9.10. The lowest BCUT2D eigenvalue weighted by Gasteiger charge is -2.31. The van der Waals surface area contributed by atoms with Gasteiger partial charge in [0.25, 0.3) is 0 Å². The van der Waals surface area contributed by atoms with E-state index in [-0.39, 0.29) is 6.10 Å². The molecule has 24 heavy (non-hydrogen) atoms. The molecule has 0 radical (unpaired) electrons. The number of aryl methyl sites for hydroxylation is 2. The van der Waals surface area contributed by atoms with Crippen molar-refractivity contribution < 1.29 is 4.74 Å². The SMILES string of the molecule is Cc1nn(C)c2nc(N3CCCO[C@H](CN4CCCCC4)C3)sc12. The zero-order valence-corrected chi connectivity index (χ0v) is 15.5. The second-order valence-corrected chi connectivity index (χ2v) is 7.99. The molecule has 4 rings (SSSR count). The lowest BCUT2D eigenvalue weighted by Crippen LogP contribution is -2.42. The normalized spacial score (nSPS) is 23.8. The maximum atomic E-state index is 6.14. The monoisotopic (exact) mass is 349 g/mol. The summed E-state index contributed by atoms with van der Waals surface area (Å²) in [5, 5.41) is 5.58. The van der Waals surface area contributed by atoms with Gasteiger partial charge in [-0.15, -0.1) is 0 Å². The molecule has 0 N–H and O–H groups in total. The Labute approximate surface area is 147 Å². The number of thiazole rings is 1. The maximum Gasteiger partial charge on any atom is 0.188 e. The van der Waals surface area contributed by atoms with E-state index in [4.69, 9.17) is 9.72 Å². The number of piperidine rings is 1. The number of anilines is 1. The summed E-state index contributed by atoms with van der Waals surface area (Å²) in [5.74, 6) is 0. The summed E-state index contributed by atoms with van der Waals surface area (Å²) in [6, 6.07) is 0. The molecule has 2 aliphatic heterocycles. The molecule has 7 heteroatoms. The van der Waals surface area contributed by atoms with Crippen LogP contribution in [0.1, 0.15) is 31.4 Å². The van der Waals surface area contributed by atoms with Crippen LogP contribution in [0.2, 0.25) is 0 Å². The molecule has 0 amide bonds. The molecule has 2 aromatic heterocycles. The van der Waals surface area contributed by atoms with Gasteiger partial charge in [-0.1, -0.05) is 17.8 Å². The van der Waals surface area contributed by atoms with E-state index in [1.165, 1.54) is 37.1 Å². The first-order valence-corrected chi connectivity index (χ1v) is 9.91. The molecule has 4 heterocycles. The summed E-state index contributed by atoms with van der Waals surface area (Å²) in [5.41, 5.74) is 2.08. The quantitative estimate of drug-likeness (QED) is 0.852. The van der Waals surface area contributed by atoms with Crippen LogP contribution in [-0.4, -0.2) is 65.1 Å². The average Bonchev–Trinajstić information content (AvgIpc) is 3.04. The van der Waals surface area contributed by atoms with E-state index >= 15 is 0 Å². The molecule has 6 nitrogen and oxygen atoms in total. The predicted octanol–water partition coefficient (Wildman–Crippen LogP) is 2.42. The van der Waals surface area contributed by atoms with Gasteiger partial charge in [-0.05, 0) is 39.3 Å². The Kier molecular flexibility index (Phi) is 4.74. The van der Waals surface area contributed by atoms with Gasteiger partial charge in [0.05, 0.1) is 16.5 Å². The van der Waals surface area contributed by atoms with Crippen LogP contribution in [0.15, 0.2) is 0 Å². The van der Waals surface area contributed by atoms with E-state index in [1.807, 2.05) is 11.7 Å². The topological polar surface area (TPSA) is 46.4 Å². The van der Waals surface area contributed by atoms with Gasteiger partial charge in [0.2, 0.25) is 0 Å². The summed E-state index contributed by atoms with van der Waals surface area (Å²) in [4.78, 5) is 9.85. The minimum absolute atomic E-state index is 0.289.